The minimum Gasteiger partial charge on any atom is -0.390 e. The Bertz CT molecular complexity index is 81.1. The third kappa shape index (κ3) is 1.92. The van der Waals surface area contributed by atoms with Gasteiger partial charge in [-0.05, 0) is 12.8 Å². The van der Waals surface area contributed by atoms with Crippen LogP contribution >= 0.6 is 15.9 Å². The van der Waals surface area contributed by atoms with Crippen LogP contribution in [-0.2, 0) is 4.74 Å². The Balaban J connectivity index is 2.24. The SMILES string of the molecule is O[C@H](CBr)C1CCCO1. The molecule has 0 aromatic rings. The molecule has 54 valence electrons. The summed E-state index contributed by atoms with van der Waals surface area (Å²) in [7, 11) is 0. The summed E-state index contributed by atoms with van der Waals surface area (Å²) >= 11 is 3.19. The van der Waals surface area contributed by atoms with Crippen LogP contribution in [-0.4, -0.2) is 29.3 Å². The number of hydrogen-bond acceptors (Lipinski definition) is 2. The Hall–Kier alpha value is 0.400. The molecule has 1 aliphatic heterocycles. The number of halogens is 1. The first-order valence-corrected chi connectivity index (χ1v) is 4.32. The van der Waals surface area contributed by atoms with Crippen molar-refractivity contribution in [1.82, 2.24) is 0 Å². The fourth-order valence-corrected chi connectivity index (χ4v) is 1.42. The minimum atomic E-state index is -0.313. The smallest absolute Gasteiger partial charge is 0.0898 e. The number of aliphatic hydroxyl groups is 1. The van der Waals surface area contributed by atoms with E-state index >= 15 is 0 Å². The normalized spacial score (nSPS) is 30.7. The molecule has 1 saturated heterocycles. The number of hydrogen-bond donors (Lipinski definition) is 1. The van der Waals surface area contributed by atoms with Gasteiger partial charge in [0.25, 0.3) is 0 Å². The lowest BCUT2D eigenvalue weighted by Gasteiger charge is -2.13. The van der Waals surface area contributed by atoms with Crippen LogP contribution in [0.15, 0.2) is 0 Å². The van der Waals surface area contributed by atoms with Gasteiger partial charge in [-0.2, -0.15) is 0 Å². The van der Waals surface area contributed by atoms with Gasteiger partial charge in [-0.3, -0.25) is 0 Å². The topological polar surface area (TPSA) is 29.5 Å². The molecule has 0 spiro atoms. The van der Waals surface area contributed by atoms with Crippen molar-refractivity contribution in [2.24, 2.45) is 0 Å². The molecule has 1 rings (SSSR count). The lowest BCUT2D eigenvalue weighted by atomic mass is 10.2. The molecule has 0 aromatic heterocycles. The quantitative estimate of drug-likeness (QED) is 0.664. The predicted molar refractivity (Wildman–Crippen MR) is 38.8 cm³/mol. The molecule has 0 saturated carbocycles. The summed E-state index contributed by atoms with van der Waals surface area (Å²) in [4.78, 5) is 0. The summed E-state index contributed by atoms with van der Waals surface area (Å²) in [5.74, 6) is 0. The van der Waals surface area contributed by atoms with Gasteiger partial charge >= 0.3 is 0 Å². The van der Waals surface area contributed by atoms with Gasteiger partial charge in [0.1, 0.15) is 0 Å². The Labute approximate surface area is 63.3 Å². The summed E-state index contributed by atoms with van der Waals surface area (Å²) in [6, 6.07) is 0. The maximum atomic E-state index is 9.19. The molecule has 0 aliphatic carbocycles. The van der Waals surface area contributed by atoms with E-state index in [2.05, 4.69) is 15.9 Å². The zero-order valence-corrected chi connectivity index (χ0v) is 6.80. The van der Waals surface area contributed by atoms with E-state index in [1.807, 2.05) is 0 Å². The summed E-state index contributed by atoms with van der Waals surface area (Å²) in [6.45, 7) is 0.814. The van der Waals surface area contributed by atoms with Crippen LogP contribution in [0.1, 0.15) is 12.8 Å². The molecule has 3 heteroatoms. The molecule has 9 heavy (non-hydrogen) atoms. The largest absolute Gasteiger partial charge is 0.390 e. The highest BCUT2D eigenvalue weighted by molar-refractivity contribution is 9.09. The van der Waals surface area contributed by atoms with E-state index in [9.17, 15) is 5.11 Å². The maximum Gasteiger partial charge on any atom is 0.0898 e. The molecule has 1 unspecified atom stereocenters. The number of aliphatic hydroxyl groups excluding tert-OH is 1. The first-order valence-electron chi connectivity index (χ1n) is 3.20. The summed E-state index contributed by atoms with van der Waals surface area (Å²) in [6.07, 6.45) is 1.87. The van der Waals surface area contributed by atoms with Crippen molar-refractivity contribution < 1.29 is 9.84 Å². The standard InChI is InChI=1S/C6H11BrO2/c7-4-5(8)6-2-1-3-9-6/h5-6,8H,1-4H2/t5-,6?/m1/s1. The highest BCUT2D eigenvalue weighted by atomic mass is 79.9. The van der Waals surface area contributed by atoms with E-state index in [0.29, 0.717) is 5.33 Å². The van der Waals surface area contributed by atoms with Gasteiger partial charge in [0, 0.05) is 11.9 Å². The fourth-order valence-electron chi connectivity index (χ4n) is 1.01. The van der Waals surface area contributed by atoms with Crippen LogP contribution in [0.5, 0.6) is 0 Å². The minimum absolute atomic E-state index is 0.0874. The van der Waals surface area contributed by atoms with Crippen LogP contribution in [0.4, 0.5) is 0 Å². The van der Waals surface area contributed by atoms with Crippen LogP contribution in [0.3, 0.4) is 0 Å². The maximum absolute atomic E-state index is 9.19. The average Bonchev–Trinajstić information content (AvgIpc) is 2.37. The van der Waals surface area contributed by atoms with Gasteiger partial charge in [-0.25, -0.2) is 0 Å². The van der Waals surface area contributed by atoms with Crippen molar-refractivity contribution >= 4 is 15.9 Å². The van der Waals surface area contributed by atoms with E-state index < -0.39 is 0 Å². The van der Waals surface area contributed by atoms with Gasteiger partial charge in [-0.15, -0.1) is 0 Å². The highest BCUT2D eigenvalue weighted by Crippen LogP contribution is 2.16. The molecule has 1 fully saturated rings. The molecule has 2 atom stereocenters. The second-order valence-electron chi connectivity index (χ2n) is 2.27. The number of ether oxygens (including phenoxy) is 1. The van der Waals surface area contributed by atoms with Gasteiger partial charge < -0.3 is 9.84 Å². The molecule has 1 N–H and O–H groups in total. The summed E-state index contributed by atoms with van der Waals surface area (Å²) in [5, 5.41) is 9.81. The van der Waals surface area contributed by atoms with E-state index in [1.54, 1.807) is 0 Å². The molecule has 0 aromatic carbocycles. The van der Waals surface area contributed by atoms with Crippen LogP contribution < -0.4 is 0 Å². The van der Waals surface area contributed by atoms with Crippen molar-refractivity contribution in [3.63, 3.8) is 0 Å². The Morgan fingerprint density at radius 2 is 2.56 bits per heavy atom. The van der Waals surface area contributed by atoms with Crippen LogP contribution in [0.25, 0.3) is 0 Å². The van der Waals surface area contributed by atoms with Crippen LogP contribution in [0, 0.1) is 0 Å². The van der Waals surface area contributed by atoms with E-state index in [0.717, 1.165) is 19.4 Å². The van der Waals surface area contributed by atoms with E-state index in [1.165, 1.54) is 0 Å². The molecule has 0 radical (unpaired) electrons. The van der Waals surface area contributed by atoms with Crippen molar-refractivity contribution in [2.45, 2.75) is 25.0 Å². The first kappa shape index (κ1) is 7.51. The lowest BCUT2D eigenvalue weighted by Crippen LogP contribution is -2.26. The zero-order chi connectivity index (χ0) is 6.69. The van der Waals surface area contributed by atoms with Gasteiger partial charge in [0.15, 0.2) is 0 Å². The number of alkyl halides is 1. The van der Waals surface area contributed by atoms with Gasteiger partial charge in [0.05, 0.1) is 12.2 Å². The second kappa shape index (κ2) is 3.54. The Kier molecular flexibility index (Phi) is 2.95. The van der Waals surface area contributed by atoms with Crippen molar-refractivity contribution in [3.8, 4) is 0 Å². The molecular weight excluding hydrogens is 184 g/mol. The molecular formula is C6H11BrO2. The molecule has 1 heterocycles. The lowest BCUT2D eigenvalue weighted by molar-refractivity contribution is 0.0116. The van der Waals surface area contributed by atoms with Crippen molar-refractivity contribution in [2.75, 3.05) is 11.9 Å². The predicted octanol–water partition coefficient (Wildman–Crippen LogP) is 0.921. The third-order valence-corrected chi connectivity index (χ3v) is 2.22. The fraction of sp³-hybridized carbons (Fsp3) is 1.00. The molecule has 1 aliphatic rings. The first-order chi connectivity index (χ1) is 4.34. The van der Waals surface area contributed by atoms with Crippen LogP contribution in [0.2, 0.25) is 0 Å². The van der Waals surface area contributed by atoms with Gasteiger partial charge in [0.2, 0.25) is 0 Å². The Morgan fingerprint density at radius 1 is 1.78 bits per heavy atom. The molecule has 0 bridgehead atoms. The molecule has 2 nitrogen and oxygen atoms in total. The van der Waals surface area contributed by atoms with Gasteiger partial charge in [-0.1, -0.05) is 15.9 Å². The highest BCUT2D eigenvalue weighted by Gasteiger charge is 2.22. The zero-order valence-electron chi connectivity index (χ0n) is 5.22. The Morgan fingerprint density at radius 3 is 3.00 bits per heavy atom. The monoisotopic (exact) mass is 194 g/mol. The number of rotatable bonds is 2. The molecule has 0 amide bonds. The summed E-state index contributed by atoms with van der Waals surface area (Å²) in [5.41, 5.74) is 0. The summed E-state index contributed by atoms with van der Waals surface area (Å²) < 4.78 is 5.23. The van der Waals surface area contributed by atoms with E-state index in [4.69, 9.17) is 4.74 Å². The second-order valence-corrected chi connectivity index (χ2v) is 2.92. The van der Waals surface area contributed by atoms with Crippen molar-refractivity contribution in [1.29, 1.82) is 0 Å². The third-order valence-electron chi connectivity index (χ3n) is 1.55. The van der Waals surface area contributed by atoms with E-state index in [-0.39, 0.29) is 12.2 Å². The van der Waals surface area contributed by atoms with Crippen molar-refractivity contribution in [3.05, 3.63) is 0 Å². The average molecular weight is 195 g/mol.